The first-order valence-corrected chi connectivity index (χ1v) is 13.1. The topological polar surface area (TPSA) is 121 Å². The molecule has 0 bridgehead atoms. The average molecular weight is 584 g/mol. The standard InChI is InChI=1S/C28H25F4N7O3/c1-28(35-27(41)24-19(29)3-2-4-20(24)30)7-8-38(13-21(28)40)23-6-5-15(10-33-23)17-9-16(42-14-22(31)32)12-39-25(17)18-11-34-36-26(18)37-39/h2-6,9-12,21-22,40H,7-8,13-14H2,1H3,(H,35,41)(H,36,37)/t21-,28+/m0/s1. The Hall–Kier alpha value is -4.72. The van der Waals surface area contributed by atoms with Crippen molar-refractivity contribution in [1.29, 1.82) is 0 Å². The predicted molar refractivity (Wildman–Crippen MR) is 145 cm³/mol. The van der Waals surface area contributed by atoms with Crippen molar-refractivity contribution >= 4 is 28.3 Å². The summed E-state index contributed by atoms with van der Waals surface area (Å²) in [6.07, 6.45) is 1.31. The van der Waals surface area contributed by atoms with Gasteiger partial charge in [0.25, 0.3) is 12.3 Å². The van der Waals surface area contributed by atoms with Gasteiger partial charge in [-0.25, -0.2) is 27.1 Å². The van der Waals surface area contributed by atoms with Gasteiger partial charge in [-0.1, -0.05) is 6.07 Å². The Balaban J connectivity index is 1.22. The van der Waals surface area contributed by atoms with Crippen LogP contribution < -0.4 is 15.0 Å². The third-order valence-corrected chi connectivity index (χ3v) is 7.48. The van der Waals surface area contributed by atoms with Gasteiger partial charge in [-0.2, -0.15) is 5.10 Å². The molecule has 1 fully saturated rings. The van der Waals surface area contributed by atoms with Crippen LogP contribution in [0.4, 0.5) is 23.4 Å². The van der Waals surface area contributed by atoms with Gasteiger partial charge < -0.3 is 20.1 Å². The van der Waals surface area contributed by atoms with Gasteiger partial charge in [-0.15, -0.1) is 5.10 Å². The summed E-state index contributed by atoms with van der Waals surface area (Å²) in [4.78, 5) is 19.1. The number of aliphatic hydroxyl groups excluding tert-OH is 1. The van der Waals surface area contributed by atoms with E-state index in [-0.39, 0.29) is 18.7 Å². The van der Waals surface area contributed by atoms with E-state index in [2.05, 4.69) is 25.6 Å². The number of carbonyl (C=O) groups is 1. The van der Waals surface area contributed by atoms with Crippen LogP contribution in [-0.2, 0) is 0 Å². The summed E-state index contributed by atoms with van der Waals surface area (Å²) in [6, 6.07) is 8.36. The molecular weight excluding hydrogens is 558 g/mol. The molecule has 14 heteroatoms. The highest BCUT2D eigenvalue weighted by Gasteiger charge is 2.40. The molecule has 10 nitrogen and oxygen atoms in total. The largest absolute Gasteiger partial charge is 0.486 e. The van der Waals surface area contributed by atoms with Crippen molar-refractivity contribution in [2.45, 2.75) is 31.4 Å². The molecule has 5 heterocycles. The van der Waals surface area contributed by atoms with Crippen LogP contribution in [0.5, 0.6) is 5.75 Å². The van der Waals surface area contributed by atoms with Crippen LogP contribution in [0.2, 0.25) is 0 Å². The Morgan fingerprint density at radius 2 is 2.02 bits per heavy atom. The monoisotopic (exact) mass is 583 g/mol. The summed E-state index contributed by atoms with van der Waals surface area (Å²) >= 11 is 0. The number of aromatic amines is 1. The summed E-state index contributed by atoms with van der Waals surface area (Å²) in [7, 11) is 0. The fourth-order valence-electron chi connectivity index (χ4n) is 5.16. The number of nitrogens with zero attached hydrogens (tertiary/aromatic N) is 5. The van der Waals surface area contributed by atoms with Crippen LogP contribution >= 0.6 is 0 Å². The lowest BCUT2D eigenvalue weighted by Gasteiger charge is -2.44. The number of hydrogen-bond acceptors (Lipinski definition) is 7. The molecule has 1 aliphatic heterocycles. The molecular formula is C28H25F4N7O3. The highest BCUT2D eigenvalue weighted by atomic mass is 19.3. The van der Waals surface area contributed by atoms with E-state index in [4.69, 9.17) is 4.74 Å². The lowest BCUT2D eigenvalue weighted by molar-refractivity contribution is 0.0467. The van der Waals surface area contributed by atoms with Crippen molar-refractivity contribution in [3.63, 3.8) is 0 Å². The van der Waals surface area contributed by atoms with Crippen LogP contribution in [0, 0.1) is 11.6 Å². The lowest BCUT2D eigenvalue weighted by Crippen LogP contribution is -2.62. The molecule has 5 aromatic rings. The van der Waals surface area contributed by atoms with E-state index in [9.17, 15) is 27.5 Å². The molecule has 0 aliphatic carbocycles. The Morgan fingerprint density at radius 1 is 1.24 bits per heavy atom. The van der Waals surface area contributed by atoms with Crippen LogP contribution in [0.25, 0.3) is 27.7 Å². The summed E-state index contributed by atoms with van der Waals surface area (Å²) < 4.78 is 60.6. The highest BCUT2D eigenvalue weighted by Crippen LogP contribution is 2.34. The maximum absolute atomic E-state index is 14.1. The zero-order valence-electron chi connectivity index (χ0n) is 22.2. The van der Waals surface area contributed by atoms with Crippen molar-refractivity contribution in [3.8, 4) is 16.9 Å². The van der Waals surface area contributed by atoms with Gasteiger partial charge in [0.15, 0.2) is 5.65 Å². The Kier molecular flexibility index (Phi) is 6.93. The number of ether oxygens (including phenoxy) is 1. The number of alkyl halides is 2. The molecule has 3 N–H and O–H groups in total. The zero-order chi connectivity index (χ0) is 29.6. The molecule has 0 saturated carbocycles. The Labute approximate surface area is 235 Å². The first-order valence-electron chi connectivity index (χ1n) is 13.1. The van der Waals surface area contributed by atoms with Gasteiger partial charge in [0, 0.05) is 30.4 Å². The van der Waals surface area contributed by atoms with Crippen LogP contribution in [0.1, 0.15) is 23.7 Å². The summed E-state index contributed by atoms with van der Waals surface area (Å²) in [5.74, 6) is -2.16. The second-order valence-corrected chi connectivity index (χ2v) is 10.3. The van der Waals surface area contributed by atoms with Gasteiger partial charge in [-0.3, -0.25) is 9.89 Å². The van der Waals surface area contributed by atoms with Gasteiger partial charge in [0.1, 0.15) is 35.4 Å². The Morgan fingerprint density at radius 3 is 2.71 bits per heavy atom. The third kappa shape index (κ3) is 4.98. The first-order chi connectivity index (χ1) is 20.1. The SMILES string of the molecule is C[C@@]1(NC(=O)c2c(F)cccc2F)CCN(c2ccc(-c3cc(OCC(F)F)cn4nc5[nH]ncc5c34)cn2)C[C@@H]1O. The number of hydrogen-bond donors (Lipinski definition) is 3. The number of benzene rings is 1. The number of amides is 1. The molecule has 42 heavy (non-hydrogen) atoms. The molecule has 2 atom stereocenters. The number of H-pyrrole nitrogens is 1. The highest BCUT2D eigenvalue weighted by molar-refractivity contribution is 6.01. The predicted octanol–water partition coefficient (Wildman–Crippen LogP) is 3.95. The molecule has 0 spiro atoms. The maximum atomic E-state index is 14.1. The number of piperidine rings is 1. The van der Waals surface area contributed by atoms with Crippen molar-refractivity contribution in [2.75, 3.05) is 24.6 Å². The first kappa shape index (κ1) is 27.4. The summed E-state index contributed by atoms with van der Waals surface area (Å²) in [6.45, 7) is 1.34. The van der Waals surface area contributed by atoms with E-state index >= 15 is 0 Å². The molecule has 6 rings (SSSR count). The van der Waals surface area contributed by atoms with Gasteiger partial charge in [0.05, 0.1) is 34.9 Å². The Bertz CT molecular complexity index is 1750. The maximum Gasteiger partial charge on any atom is 0.272 e. The number of aromatic nitrogens is 5. The van der Waals surface area contributed by atoms with E-state index in [1.807, 2.05) is 4.90 Å². The minimum absolute atomic E-state index is 0.0995. The number of carbonyl (C=O) groups excluding carboxylic acids is 1. The number of β-amino-alcohol motifs (C(OH)–C–C–N with tert-alkyl or cyclic N) is 1. The molecule has 0 unspecified atom stereocenters. The molecule has 218 valence electrons. The lowest BCUT2D eigenvalue weighted by atomic mass is 9.86. The normalized spacial score (nSPS) is 19.1. The van der Waals surface area contributed by atoms with Crippen LogP contribution in [0.3, 0.4) is 0 Å². The second kappa shape index (κ2) is 10.6. The van der Waals surface area contributed by atoms with E-state index in [1.54, 1.807) is 37.5 Å². The zero-order valence-corrected chi connectivity index (χ0v) is 22.2. The number of pyridine rings is 2. The van der Waals surface area contributed by atoms with E-state index in [0.717, 1.165) is 17.5 Å². The summed E-state index contributed by atoms with van der Waals surface area (Å²) in [5.41, 5.74) is 0.667. The van der Waals surface area contributed by atoms with E-state index in [0.29, 0.717) is 34.7 Å². The minimum Gasteiger partial charge on any atom is -0.486 e. The number of halogens is 4. The van der Waals surface area contributed by atoms with Crippen molar-refractivity contribution in [2.24, 2.45) is 0 Å². The fourth-order valence-corrected chi connectivity index (χ4v) is 5.16. The van der Waals surface area contributed by atoms with Crippen molar-refractivity contribution < 1.29 is 32.2 Å². The molecule has 0 radical (unpaired) electrons. The average Bonchev–Trinajstić information content (AvgIpc) is 3.54. The molecule has 1 saturated heterocycles. The fraction of sp³-hybridized carbons (Fsp3) is 0.286. The minimum atomic E-state index is -2.64. The molecule has 1 aromatic carbocycles. The van der Waals surface area contributed by atoms with Crippen molar-refractivity contribution in [3.05, 3.63) is 72.2 Å². The number of nitrogens with one attached hydrogen (secondary N) is 2. The van der Waals surface area contributed by atoms with E-state index in [1.165, 1.54) is 16.8 Å². The molecule has 1 aliphatic rings. The smallest absolute Gasteiger partial charge is 0.272 e. The number of aliphatic hydroxyl groups is 1. The van der Waals surface area contributed by atoms with Gasteiger partial charge in [0.2, 0.25) is 0 Å². The molecule has 4 aromatic heterocycles. The summed E-state index contributed by atoms with van der Waals surface area (Å²) in [5, 5.41) is 25.5. The van der Waals surface area contributed by atoms with Gasteiger partial charge >= 0.3 is 0 Å². The van der Waals surface area contributed by atoms with Crippen molar-refractivity contribution in [1.82, 2.24) is 30.1 Å². The van der Waals surface area contributed by atoms with Gasteiger partial charge in [-0.05, 0) is 43.7 Å². The number of rotatable bonds is 7. The van der Waals surface area contributed by atoms with Crippen LogP contribution in [-0.4, -0.2) is 73.6 Å². The van der Waals surface area contributed by atoms with E-state index < -0.39 is 47.8 Å². The number of anilines is 1. The number of fused-ring (bicyclic) bond motifs is 3. The quantitative estimate of drug-likeness (QED) is 0.248. The molecule has 1 amide bonds. The third-order valence-electron chi connectivity index (χ3n) is 7.48. The van der Waals surface area contributed by atoms with Crippen LogP contribution in [0.15, 0.2) is 55.0 Å². The second-order valence-electron chi connectivity index (χ2n) is 10.3.